The smallest absolute Gasteiger partial charge is 0.230 e. The summed E-state index contributed by atoms with van der Waals surface area (Å²) in [5.74, 6) is 1.34. The monoisotopic (exact) mass is 402 g/mol. The molecule has 2 aromatic carbocycles. The summed E-state index contributed by atoms with van der Waals surface area (Å²) in [6.45, 7) is 2.53. The molecule has 0 radical (unpaired) electrons. The molecule has 0 atom stereocenters. The van der Waals surface area contributed by atoms with Gasteiger partial charge in [0, 0.05) is 11.6 Å². The average Bonchev–Trinajstić information content (AvgIpc) is 3.14. The van der Waals surface area contributed by atoms with E-state index in [9.17, 15) is 4.79 Å². The molecule has 3 rings (SSSR count). The second kappa shape index (κ2) is 8.92. The summed E-state index contributed by atoms with van der Waals surface area (Å²) in [5, 5.41) is 11.0. The first-order chi connectivity index (χ1) is 13.1. The van der Waals surface area contributed by atoms with Gasteiger partial charge in [-0.1, -0.05) is 47.6 Å². The Balaban J connectivity index is 1.57. The Morgan fingerprint density at radius 1 is 1.30 bits per heavy atom. The fraction of sp³-hybridized carbons (Fsp3) is 0.211. The maximum atomic E-state index is 12.1. The summed E-state index contributed by atoms with van der Waals surface area (Å²) < 4.78 is 5.33. The molecule has 0 bridgehead atoms. The number of aromatic amines is 1. The van der Waals surface area contributed by atoms with Gasteiger partial charge in [-0.2, -0.15) is 0 Å². The van der Waals surface area contributed by atoms with Gasteiger partial charge in [0.05, 0.1) is 18.4 Å². The lowest BCUT2D eigenvalue weighted by molar-refractivity contribution is -0.118. The van der Waals surface area contributed by atoms with Crippen LogP contribution in [-0.4, -0.2) is 34.0 Å². The Morgan fingerprint density at radius 2 is 2.11 bits per heavy atom. The van der Waals surface area contributed by atoms with E-state index in [0.29, 0.717) is 33.9 Å². The molecular formula is C19H19ClN4O2S. The van der Waals surface area contributed by atoms with Crippen molar-refractivity contribution in [2.75, 3.05) is 12.9 Å². The molecule has 0 aliphatic carbocycles. The van der Waals surface area contributed by atoms with Crippen LogP contribution < -0.4 is 10.1 Å². The number of aromatic nitrogens is 3. The summed E-state index contributed by atoms with van der Waals surface area (Å²) in [6, 6.07) is 13.2. The number of methoxy groups -OCH3 is 1. The van der Waals surface area contributed by atoms with Crippen LogP contribution in [0.2, 0.25) is 5.02 Å². The lowest BCUT2D eigenvalue weighted by atomic mass is 10.1. The number of H-pyrrole nitrogens is 1. The van der Waals surface area contributed by atoms with Crippen LogP contribution in [0, 0.1) is 6.92 Å². The molecule has 1 aromatic heterocycles. The van der Waals surface area contributed by atoms with Crippen LogP contribution >= 0.6 is 23.4 Å². The lowest BCUT2D eigenvalue weighted by Gasteiger charge is -2.07. The third-order valence-electron chi connectivity index (χ3n) is 3.95. The number of amides is 1. The van der Waals surface area contributed by atoms with E-state index in [2.05, 4.69) is 20.5 Å². The summed E-state index contributed by atoms with van der Waals surface area (Å²) >= 11 is 7.32. The number of carbonyl (C=O) groups is 1. The maximum Gasteiger partial charge on any atom is 0.230 e. The number of thioether (sulfide) groups is 1. The molecule has 27 heavy (non-hydrogen) atoms. The van der Waals surface area contributed by atoms with Gasteiger partial charge in [0.1, 0.15) is 5.75 Å². The molecule has 2 N–H and O–H groups in total. The third kappa shape index (κ3) is 5.02. The summed E-state index contributed by atoms with van der Waals surface area (Å²) in [5.41, 5.74) is 2.97. The highest BCUT2D eigenvalue weighted by atomic mass is 35.5. The molecule has 6 nitrogen and oxygen atoms in total. The molecule has 8 heteroatoms. The van der Waals surface area contributed by atoms with Gasteiger partial charge >= 0.3 is 0 Å². The van der Waals surface area contributed by atoms with Gasteiger partial charge in [-0.15, -0.1) is 5.10 Å². The van der Waals surface area contributed by atoms with Crippen LogP contribution in [-0.2, 0) is 11.3 Å². The van der Waals surface area contributed by atoms with Gasteiger partial charge in [0.25, 0.3) is 0 Å². The Labute approximate surface area is 166 Å². The van der Waals surface area contributed by atoms with Crippen molar-refractivity contribution in [2.24, 2.45) is 0 Å². The Hall–Kier alpha value is -2.51. The van der Waals surface area contributed by atoms with Gasteiger partial charge < -0.3 is 10.1 Å². The quantitative estimate of drug-likeness (QED) is 0.587. The Kier molecular flexibility index (Phi) is 6.36. The van der Waals surface area contributed by atoms with Crippen LogP contribution in [0.15, 0.2) is 47.6 Å². The molecule has 0 fully saturated rings. The first-order valence-corrected chi connectivity index (χ1v) is 9.63. The number of ether oxygens (including phenoxy) is 1. The van der Waals surface area contributed by atoms with Crippen molar-refractivity contribution in [2.45, 2.75) is 18.6 Å². The fourth-order valence-corrected chi connectivity index (χ4v) is 3.28. The number of hydrogen-bond acceptors (Lipinski definition) is 5. The number of aryl methyl sites for hydroxylation is 1. The van der Waals surface area contributed by atoms with Crippen LogP contribution in [0.3, 0.4) is 0 Å². The van der Waals surface area contributed by atoms with E-state index in [-0.39, 0.29) is 11.7 Å². The zero-order valence-corrected chi connectivity index (χ0v) is 16.5. The number of hydrogen-bond donors (Lipinski definition) is 2. The second-order valence-electron chi connectivity index (χ2n) is 5.80. The highest BCUT2D eigenvalue weighted by Gasteiger charge is 2.13. The molecule has 0 aliphatic heterocycles. The number of benzene rings is 2. The predicted octanol–water partition coefficient (Wildman–Crippen LogP) is 3.85. The molecule has 0 saturated heterocycles. The highest BCUT2D eigenvalue weighted by Crippen LogP contribution is 2.31. The normalized spacial score (nSPS) is 10.6. The molecule has 1 heterocycles. The topological polar surface area (TPSA) is 79.9 Å². The summed E-state index contributed by atoms with van der Waals surface area (Å²) in [7, 11) is 1.58. The molecule has 0 spiro atoms. The largest absolute Gasteiger partial charge is 0.496 e. The number of carbonyl (C=O) groups excluding carboxylic acids is 1. The SMILES string of the molecule is COc1ccc(Cl)cc1-c1nc(SCC(=O)NCc2ccccc2C)n[nH]1. The van der Waals surface area contributed by atoms with Gasteiger partial charge in [-0.3, -0.25) is 9.89 Å². The van der Waals surface area contributed by atoms with Crippen molar-refractivity contribution in [1.82, 2.24) is 20.5 Å². The standard InChI is InChI=1S/C19H19ClN4O2S/c1-12-5-3-4-6-13(12)10-21-17(25)11-27-19-22-18(23-24-19)15-9-14(20)7-8-16(15)26-2/h3-9H,10-11H2,1-2H3,(H,21,25)(H,22,23,24). The van der Waals surface area contributed by atoms with Crippen LogP contribution in [0.25, 0.3) is 11.4 Å². The third-order valence-corrected chi connectivity index (χ3v) is 5.03. The van der Waals surface area contributed by atoms with E-state index in [1.54, 1.807) is 25.3 Å². The van der Waals surface area contributed by atoms with Crippen molar-refractivity contribution >= 4 is 29.3 Å². The highest BCUT2D eigenvalue weighted by molar-refractivity contribution is 7.99. The van der Waals surface area contributed by atoms with E-state index < -0.39 is 0 Å². The minimum Gasteiger partial charge on any atom is -0.496 e. The molecule has 0 unspecified atom stereocenters. The van der Waals surface area contributed by atoms with Gasteiger partial charge in [0.2, 0.25) is 11.1 Å². The van der Waals surface area contributed by atoms with Crippen LogP contribution in [0.5, 0.6) is 5.75 Å². The average molecular weight is 403 g/mol. The second-order valence-corrected chi connectivity index (χ2v) is 7.18. The van der Waals surface area contributed by atoms with E-state index in [1.807, 2.05) is 31.2 Å². The Bertz CT molecular complexity index is 945. The molecular weight excluding hydrogens is 384 g/mol. The number of halogens is 1. The van der Waals surface area contributed by atoms with E-state index in [1.165, 1.54) is 11.8 Å². The van der Waals surface area contributed by atoms with Crippen LogP contribution in [0.1, 0.15) is 11.1 Å². The Morgan fingerprint density at radius 3 is 2.89 bits per heavy atom. The minimum absolute atomic E-state index is 0.0741. The van der Waals surface area contributed by atoms with Crippen LogP contribution in [0.4, 0.5) is 0 Å². The zero-order valence-electron chi connectivity index (χ0n) is 15.0. The lowest BCUT2D eigenvalue weighted by Crippen LogP contribution is -2.24. The van der Waals surface area contributed by atoms with E-state index >= 15 is 0 Å². The van der Waals surface area contributed by atoms with Gasteiger partial charge in [-0.25, -0.2) is 4.98 Å². The first-order valence-electron chi connectivity index (χ1n) is 8.27. The van der Waals surface area contributed by atoms with Gasteiger partial charge in [-0.05, 0) is 36.2 Å². The number of nitrogens with zero attached hydrogens (tertiary/aromatic N) is 2. The molecule has 1 amide bonds. The van der Waals surface area contributed by atoms with Crippen molar-refractivity contribution in [3.8, 4) is 17.1 Å². The van der Waals surface area contributed by atoms with E-state index in [4.69, 9.17) is 16.3 Å². The van der Waals surface area contributed by atoms with Crippen molar-refractivity contribution in [3.05, 3.63) is 58.6 Å². The molecule has 0 aliphatic rings. The van der Waals surface area contributed by atoms with Gasteiger partial charge in [0.15, 0.2) is 5.82 Å². The summed E-state index contributed by atoms with van der Waals surface area (Å²) in [6.07, 6.45) is 0. The minimum atomic E-state index is -0.0741. The number of nitrogens with one attached hydrogen (secondary N) is 2. The predicted molar refractivity (Wildman–Crippen MR) is 107 cm³/mol. The molecule has 140 valence electrons. The summed E-state index contributed by atoms with van der Waals surface area (Å²) in [4.78, 5) is 16.5. The molecule has 3 aromatic rings. The maximum absolute atomic E-state index is 12.1. The van der Waals surface area contributed by atoms with E-state index in [0.717, 1.165) is 11.1 Å². The van der Waals surface area contributed by atoms with Crippen molar-refractivity contribution in [3.63, 3.8) is 0 Å². The molecule has 0 saturated carbocycles. The van der Waals surface area contributed by atoms with Crippen molar-refractivity contribution < 1.29 is 9.53 Å². The fourth-order valence-electron chi connectivity index (χ4n) is 2.48. The first kappa shape index (κ1) is 19.3. The number of rotatable bonds is 7. The van der Waals surface area contributed by atoms with Crippen molar-refractivity contribution in [1.29, 1.82) is 0 Å². The zero-order chi connectivity index (χ0) is 19.2.